The van der Waals surface area contributed by atoms with Crippen LogP contribution < -0.4 is 0 Å². The van der Waals surface area contributed by atoms with Crippen molar-refractivity contribution >= 4 is 39.1 Å². The van der Waals surface area contributed by atoms with Gasteiger partial charge in [0.25, 0.3) is 0 Å². The normalized spacial score (nSPS) is 17.8. The maximum atomic E-state index is 12.7. The summed E-state index contributed by atoms with van der Waals surface area (Å²) in [6, 6.07) is 4.24. The maximum absolute atomic E-state index is 12.7. The van der Waals surface area contributed by atoms with Crippen LogP contribution in [-0.2, 0) is 19.6 Å². The lowest BCUT2D eigenvalue weighted by Crippen LogP contribution is -2.50. The minimum atomic E-state index is -3.65. The Bertz CT molecular complexity index is 703. The van der Waals surface area contributed by atoms with E-state index in [0.29, 0.717) is 18.1 Å². The highest BCUT2D eigenvalue weighted by molar-refractivity contribution is 7.89. The summed E-state index contributed by atoms with van der Waals surface area (Å²) in [6.07, 6.45) is 0.131. The van der Waals surface area contributed by atoms with Crippen molar-refractivity contribution in [3.8, 4) is 0 Å². The molecule has 1 saturated heterocycles. The first-order valence-corrected chi connectivity index (χ1v) is 9.71. The van der Waals surface area contributed by atoms with Gasteiger partial charge in [0, 0.05) is 33.3 Å². The summed E-state index contributed by atoms with van der Waals surface area (Å²) in [5.41, 5.74) is 0. The number of ether oxygens (including phenoxy) is 1. The quantitative estimate of drug-likeness (QED) is 0.767. The second kappa shape index (κ2) is 8.01. The van der Waals surface area contributed by atoms with Crippen molar-refractivity contribution in [3.05, 3.63) is 28.2 Å². The number of piperazine rings is 1. The van der Waals surface area contributed by atoms with Gasteiger partial charge in [-0.2, -0.15) is 4.31 Å². The molecule has 0 radical (unpaired) electrons. The van der Waals surface area contributed by atoms with E-state index in [1.54, 1.807) is 12.0 Å². The van der Waals surface area contributed by atoms with Crippen LogP contribution in [0.25, 0.3) is 0 Å². The molecule has 24 heavy (non-hydrogen) atoms. The lowest BCUT2D eigenvalue weighted by atomic mass is 10.2. The van der Waals surface area contributed by atoms with E-state index in [9.17, 15) is 13.2 Å². The van der Waals surface area contributed by atoms with Gasteiger partial charge in [-0.15, -0.1) is 0 Å². The van der Waals surface area contributed by atoms with Crippen LogP contribution in [0.5, 0.6) is 0 Å². The molecule has 1 unspecified atom stereocenters. The molecule has 9 heteroatoms. The van der Waals surface area contributed by atoms with Gasteiger partial charge in [-0.05, 0) is 25.1 Å². The predicted molar refractivity (Wildman–Crippen MR) is 92.9 cm³/mol. The molecule has 0 saturated carbocycles. The Morgan fingerprint density at radius 1 is 1.21 bits per heavy atom. The summed E-state index contributed by atoms with van der Waals surface area (Å²) >= 11 is 11.7. The molecular formula is C15H20Cl2N2O4S. The van der Waals surface area contributed by atoms with Crippen LogP contribution >= 0.6 is 23.2 Å². The second-order valence-electron chi connectivity index (χ2n) is 5.61. The zero-order valence-electron chi connectivity index (χ0n) is 13.5. The van der Waals surface area contributed by atoms with E-state index < -0.39 is 10.0 Å². The van der Waals surface area contributed by atoms with E-state index in [1.807, 2.05) is 6.92 Å². The summed E-state index contributed by atoms with van der Waals surface area (Å²) in [4.78, 5) is 13.9. The Hall–Kier alpha value is -0.860. The molecule has 0 spiro atoms. The number of halogens is 2. The minimum absolute atomic E-state index is 0.0315. The van der Waals surface area contributed by atoms with Crippen molar-refractivity contribution in [1.82, 2.24) is 9.21 Å². The lowest BCUT2D eigenvalue weighted by Gasteiger charge is -2.34. The predicted octanol–water partition coefficient (Wildman–Crippen LogP) is 2.25. The smallest absolute Gasteiger partial charge is 0.243 e. The second-order valence-corrected chi connectivity index (χ2v) is 8.36. The summed E-state index contributed by atoms with van der Waals surface area (Å²) < 4.78 is 31.8. The minimum Gasteiger partial charge on any atom is -0.381 e. The number of methoxy groups -OCH3 is 1. The Kier molecular flexibility index (Phi) is 6.50. The van der Waals surface area contributed by atoms with Gasteiger partial charge in [-0.25, -0.2) is 8.42 Å². The highest BCUT2D eigenvalue weighted by atomic mass is 35.5. The summed E-state index contributed by atoms with van der Waals surface area (Å²) in [5, 5.41) is 0.499. The highest BCUT2D eigenvalue weighted by Crippen LogP contribution is 2.27. The zero-order valence-corrected chi connectivity index (χ0v) is 15.9. The van der Waals surface area contributed by atoms with E-state index in [2.05, 4.69) is 0 Å². The lowest BCUT2D eigenvalue weighted by molar-refractivity contribution is -0.134. The molecule has 0 aliphatic carbocycles. The molecule has 0 aromatic heterocycles. The maximum Gasteiger partial charge on any atom is 0.243 e. The summed E-state index contributed by atoms with van der Waals surface area (Å²) in [5.74, 6) is -0.0315. The highest BCUT2D eigenvalue weighted by Gasteiger charge is 2.30. The molecule has 1 aliphatic heterocycles. The zero-order chi connectivity index (χ0) is 17.9. The number of benzene rings is 1. The van der Waals surface area contributed by atoms with E-state index >= 15 is 0 Å². The number of sulfonamides is 1. The fourth-order valence-electron chi connectivity index (χ4n) is 2.42. The average molecular weight is 395 g/mol. The topological polar surface area (TPSA) is 66.9 Å². The van der Waals surface area contributed by atoms with Gasteiger partial charge < -0.3 is 9.64 Å². The largest absolute Gasteiger partial charge is 0.381 e. The molecule has 0 N–H and O–H groups in total. The van der Waals surface area contributed by atoms with Crippen molar-refractivity contribution in [2.45, 2.75) is 24.3 Å². The molecule has 1 aromatic carbocycles. The number of hydrogen-bond acceptors (Lipinski definition) is 4. The first kappa shape index (κ1) is 19.5. The monoisotopic (exact) mass is 394 g/mol. The van der Waals surface area contributed by atoms with Gasteiger partial charge in [-0.1, -0.05) is 23.2 Å². The van der Waals surface area contributed by atoms with Crippen molar-refractivity contribution in [2.24, 2.45) is 0 Å². The molecule has 2 rings (SSSR count). The standard InChI is InChI=1S/C15H20Cl2N2O4S/c1-11(23-2)9-15(20)18-5-7-19(8-6-18)24(21,22)12-3-4-13(16)14(17)10-12/h3-4,10-11H,5-9H2,1-2H3. The molecule has 134 valence electrons. The van der Waals surface area contributed by atoms with Crippen molar-refractivity contribution < 1.29 is 17.9 Å². The molecule has 1 fully saturated rings. The van der Waals surface area contributed by atoms with Gasteiger partial charge in [0.15, 0.2) is 0 Å². The van der Waals surface area contributed by atoms with Gasteiger partial charge in [0.1, 0.15) is 0 Å². The molecule has 1 atom stereocenters. The number of nitrogens with zero attached hydrogens (tertiary/aromatic N) is 2. The molecule has 1 amide bonds. The number of carbonyl (C=O) groups is 1. The number of carbonyl (C=O) groups excluding carboxylic acids is 1. The van der Waals surface area contributed by atoms with Crippen molar-refractivity contribution in [2.75, 3.05) is 33.3 Å². The number of rotatable bonds is 5. The summed E-state index contributed by atoms with van der Waals surface area (Å²) in [7, 11) is -2.10. The van der Waals surface area contributed by atoms with Crippen LogP contribution in [0.2, 0.25) is 10.0 Å². The number of hydrogen-bond donors (Lipinski definition) is 0. The van der Waals surface area contributed by atoms with Crippen LogP contribution in [0.1, 0.15) is 13.3 Å². The Balaban J connectivity index is 2.03. The van der Waals surface area contributed by atoms with E-state index in [0.717, 1.165) is 0 Å². The fourth-order valence-corrected chi connectivity index (χ4v) is 4.23. The van der Waals surface area contributed by atoms with Gasteiger partial charge in [0.05, 0.1) is 27.5 Å². The van der Waals surface area contributed by atoms with Crippen LogP contribution in [-0.4, -0.2) is 62.9 Å². The molecule has 1 aliphatic rings. The fraction of sp³-hybridized carbons (Fsp3) is 0.533. The molecule has 0 bridgehead atoms. The average Bonchev–Trinajstić information content (AvgIpc) is 2.57. The number of amides is 1. The Labute approximate surface area is 152 Å². The molecule has 6 nitrogen and oxygen atoms in total. The molecular weight excluding hydrogens is 375 g/mol. The first-order valence-electron chi connectivity index (χ1n) is 7.51. The van der Waals surface area contributed by atoms with E-state index in [1.165, 1.54) is 22.5 Å². The van der Waals surface area contributed by atoms with Gasteiger partial charge in [0.2, 0.25) is 15.9 Å². The Morgan fingerprint density at radius 2 is 1.83 bits per heavy atom. The van der Waals surface area contributed by atoms with Crippen molar-refractivity contribution in [3.63, 3.8) is 0 Å². The molecule has 1 aromatic rings. The van der Waals surface area contributed by atoms with Crippen LogP contribution in [0.4, 0.5) is 0 Å². The van der Waals surface area contributed by atoms with E-state index in [-0.39, 0.29) is 41.4 Å². The third-order valence-electron chi connectivity index (χ3n) is 3.98. The Morgan fingerprint density at radius 3 is 2.38 bits per heavy atom. The third kappa shape index (κ3) is 4.40. The van der Waals surface area contributed by atoms with Crippen LogP contribution in [0, 0.1) is 0 Å². The summed E-state index contributed by atoms with van der Waals surface area (Å²) in [6.45, 7) is 3.03. The first-order chi connectivity index (χ1) is 11.3. The van der Waals surface area contributed by atoms with Gasteiger partial charge >= 0.3 is 0 Å². The third-order valence-corrected chi connectivity index (χ3v) is 6.62. The molecule has 1 heterocycles. The van der Waals surface area contributed by atoms with E-state index in [4.69, 9.17) is 27.9 Å². The SMILES string of the molecule is COC(C)CC(=O)N1CCN(S(=O)(=O)c2ccc(Cl)c(Cl)c2)CC1. The van der Waals surface area contributed by atoms with Gasteiger partial charge in [-0.3, -0.25) is 4.79 Å². The van der Waals surface area contributed by atoms with Crippen molar-refractivity contribution in [1.29, 1.82) is 0 Å². The van der Waals surface area contributed by atoms with Crippen LogP contribution in [0.15, 0.2) is 23.1 Å². The van der Waals surface area contributed by atoms with Crippen LogP contribution in [0.3, 0.4) is 0 Å².